The molecule has 0 aliphatic heterocycles. The Balaban J connectivity index is 1.55. The maximum atomic E-state index is 11.5. The van der Waals surface area contributed by atoms with E-state index in [2.05, 4.69) is 6.92 Å². The molecule has 1 N–H and O–H groups in total. The molecular weight excluding hydrogens is 236 g/mol. The lowest BCUT2D eigenvalue weighted by Gasteiger charge is -2.25. The van der Waals surface area contributed by atoms with Gasteiger partial charge in [-0.2, -0.15) is 0 Å². The Hall–Kier alpha value is -0.530. The summed E-state index contributed by atoms with van der Waals surface area (Å²) in [5.74, 6) is 1.03. The molecule has 110 valence electrons. The summed E-state index contributed by atoms with van der Waals surface area (Å²) in [6.07, 6.45) is 14.6. The largest absolute Gasteiger partial charge is 0.481 e. The molecule has 0 aromatic heterocycles. The molecule has 0 amide bonds. The Morgan fingerprint density at radius 1 is 1.00 bits per heavy atom. The van der Waals surface area contributed by atoms with Gasteiger partial charge in [-0.15, -0.1) is 0 Å². The standard InChI is InChI=1S/C17H30O2/c1-2-3-4-5-6-7-8-9-10-17(16(18)19)12-14-11-15(14)13-17/h14-15H,2-13H2,1H3,(H,18,19). The molecule has 2 aliphatic carbocycles. The summed E-state index contributed by atoms with van der Waals surface area (Å²) in [4.78, 5) is 11.5. The molecule has 0 aromatic rings. The van der Waals surface area contributed by atoms with Crippen LogP contribution in [0.5, 0.6) is 0 Å². The smallest absolute Gasteiger partial charge is 0.309 e. The van der Waals surface area contributed by atoms with Gasteiger partial charge in [0.15, 0.2) is 0 Å². The van der Waals surface area contributed by atoms with Crippen LogP contribution in [-0.2, 0) is 4.79 Å². The fraction of sp³-hybridized carbons (Fsp3) is 0.941. The summed E-state index contributed by atoms with van der Waals surface area (Å²) in [5.41, 5.74) is -0.324. The van der Waals surface area contributed by atoms with E-state index in [0.717, 1.165) is 37.5 Å². The van der Waals surface area contributed by atoms with Gasteiger partial charge in [-0.05, 0) is 37.5 Å². The van der Waals surface area contributed by atoms with Crippen molar-refractivity contribution in [2.24, 2.45) is 17.3 Å². The van der Waals surface area contributed by atoms with Gasteiger partial charge in [0, 0.05) is 0 Å². The fourth-order valence-electron chi connectivity index (χ4n) is 3.98. The highest BCUT2D eigenvalue weighted by Crippen LogP contribution is 2.61. The van der Waals surface area contributed by atoms with Crippen molar-refractivity contribution in [1.82, 2.24) is 0 Å². The van der Waals surface area contributed by atoms with Gasteiger partial charge in [0.1, 0.15) is 0 Å². The predicted molar refractivity (Wildman–Crippen MR) is 78.1 cm³/mol. The first-order valence-electron chi connectivity index (χ1n) is 8.41. The highest BCUT2D eigenvalue weighted by Gasteiger charge is 2.56. The van der Waals surface area contributed by atoms with Gasteiger partial charge in [-0.25, -0.2) is 0 Å². The molecule has 2 aliphatic rings. The highest BCUT2D eigenvalue weighted by atomic mass is 16.4. The van der Waals surface area contributed by atoms with Crippen LogP contribution in [0.25, 0.3) is 0 Å². The zero-order valence-electron chi connectivity index (χ0n) is 12.5. The summed E-state index contributed by atoms with van der Waals surface area (Å²) >= 11 is 0. The quantitative estimate of drug-likeness (QED) is 0.564. The average molecular weight is 266 g/mol. The second-order valence-electron chi connectivity index (χ2n) is 6.97. The molecular formula is C17H30O2. The van der Waals surface area contributed by atoms with Gasteiger partial charge in [0.05, 0.1) is 5.41 Å². The van der Waals surface area contributed by atoms with Crippen molar-refractivity contribution in [3.05, 3.63) is 0 Å². The topological polar surface area (TPSA) is 37.3 Å². The monoisotopic (exact) mass is 266 g/mol. The summed E-state index contributed by atoms with van der Waals surface area (Å²) in [6.45, 7) is 2.25. The summed E-state index contributed by atoms with van der Waals surface area (Å²) in [7, 11) is 0. The maximum absolute atomic E-state index is 11.5. The van der Waals surface area contributed by atoms with Crippen LogP contribution in [0.4, 0.5) is 0 Å². The van der Waals surface area contributed by atoms with E-state index in [-0.39, 0.29) is 5.41 Å². The number of carboxylic acid groups (broad SMARTS) is 1. The first-order valence-corrected chi connectivity index (χ1v) is 8.41. The molecule has 2 atom stereocenters. The van der Waals surface area contributed by atoms with Crippen LogP contribution in [-0.4, -0.2) is 11.1 Å². The molecule has 2 rings (SSSR count). The van der Waals surface area contributed by atoms with Crippen LogP contribution in [0.1, 0.15) is 84.0 Å². The molecule has 2 unspecified atom stereocenters. The number of rotatable bonds is 10. The number of carboxylic acids is 1. The number of hydrogen-bond donors (Lipinski definition) is 1. The SMILES string of the molecule is CCCCCCCCCCC1(C(=O)O)CC2CC2C1. The molecule has 2 nitrogen and oxygen atoms in total. The van der Waals surface area contributed by atoms with E-state index in [4.69, 9.17) is 0 Å². The van der Waals surface area contributed by atoms with Crippen molar-refractivity contribution in [2.45, 2.75) is 84.0 Å². The first kappa shape index (κ1) is 14.9. The van der Waals surface area contributed by atoms with Crippen molar-refractivity contribution in [3.8, 4) is 0 Å². The molecule has 0 spiro atoms. The van der Waals surface area contributed by atoms with Crippen LogP contribution in [0.15, 0.2) is 0 Å². The van der Waals surface area contributed by atoms with Crippen LogP contribution < -0.4 is 0 Å². The number of unbranched alkanes of at least 4 members (excludes halogenated alkanes) is 7. The normalized spacial score (nSPS) is 32.3. The van der Waals surface area contributed by atoms with E-state index in [9.17, 15) is 9.90 Å². The van der Waals surface area contributed by atoms with E-state index >= 15 is 0 Å². The van der Waals surface area contributed by atoms with Crippen LogP contribution in [0.2, 0.25) is 0 Å². The first-order chi connectivity index (χ1) is 9.18. The van der Waals surface area contributed by atoms with Crippen molar-refractivity contribution in [1.29, 1.82) is 0 Å². The maximum Gasteiger partial charge on any atom is 0.309 e. The van der Waals surface area contributed by atoms with Gasteiger partial charge in [0.25, 0.3) is 0 Å². The molecule has 0 radical (unpaired) electrons. The lowest BCUT2D eigenvalue weighted by atomic mass is 9.78. The van der Waals surface area contributed by atoms with E-state index in [1.807, 2.05) is 0 Å². The average Bonchev–Trinajstić information content (AvgIpc) is 3.00. The Kier molecular flexibility index (Phi) is 5.29. The Bertz CT molecular complexity index is 288. The molecule has 0 bridgehead atoms. The molecule has 2 saturated carbocycles. The predicted octanol–water partition coefficient (Wildman–Crippen LogP) is 5.02. The second kappa shape index (κ2) is 6.76. The number of hydrogen-bond acceptors (Lipinski definition) is 1. The third-order valence-corrected chi connectivity index (χ3v) is 5.34. The molecule has 19 heavy (non-hydrogen) atoms. The highest BCUT2D eigenvalue weighted by molar-refractivity contribution is 5.75. The van der Waals surface area contributed by atoms with E-state index in [0.29, 0.717) is 0 Å². The minimum atomic E-state index is -0.511. The van der Waals surface area contributed by atoms with Crippen molar-refractivity contribution in [3.63, 3.8) is 0 Å². The number of aliphatic carboxylic acids is 1. The molecule has 0 saturated heterocycles. The molecule has 0 heterocycles. The third-order valence-electron chi connectivity index (χ3n) is 5.34. The summed E-state index contributed by atoms with van der Waals surface area (Å²) in [6, 6.07) is 0. The van der Waals surface area contributed by atoms with Crippen LogP contribution in [0, 0.1) is 17.3 Å². The van der Waals surface area contributed by atoms with E-state index < -0.39 is 5.97 Å². The van der Waals surface area contributed by atoms with E-state index in [1.165, 1.54) is 51.4 Å². The minimum absolute atomic E-state index is 0.324. The Labute approximate surface area is 118 Å². The molecule has 2 fully saturated rings. The zero-order chi connectivity index (χ0) is 13.7. The van der Waals surface area contributed by atoms with Gasteiger partial charge in [-0.1, -0.05) is 58.3 Å². The van der Waals surface area contributed by atoms with Crippen molar-refractivity contribution < 1.29 is 9.90 Å². The molecule has 0 aromatic carbocycles. The second-order valence-corrected chi connectivity index (χ2v) is 6.97. The lowest BCUT2D eigenvalue weighted by Crippen LogP contribution is -2.29. The fourth-order valence-corrected chi connectivity index (χ4v) is 3.98. The van der Waals surface area contributed by atoms with E-state index in [1.54, 1.807) is 0 Å². The van der Waals surface area contributed by atoms with Gasteiger partial charge in [0.2, 0.25) is 0 Å². The lowest BCUT2D eigenvalue weighted by molar-refractivity contribution is -0.149. The number of carbonyl (C=O) groups is 1. The van der Waals surface area contributed by atoms with Gasteiger partial charge < -0.3 is 5.11 Å². The van der Waals surface area contributed by atoms with Gasteiger partial charge >= 0.3 is 5.97 Å². The van der Waals surface area contributed by atoms with Crippen LogP contribution in [0.3, 0.4) is 0 Å². The molecule has 2 heteroatoms. The van der Waals surface area contributed by atoms with Crippen LogP contribution >= 0.6 is 0 Å². The Morgan fingerprint density at radius 3 is 2.05 bits per heavy atom. The summed E-state index contributed by atoms with van der Waals surface area (Å²) in [5, 5.41) is 9.50. The zero-order valence-corrected chi connectivity index (χ0v) is 12.5. The van der Waals surface area contributed by atoms with Gasteiger partial charge in [-0.3, -0.25) is 4.79 Å². The minimum Gasteiger partial charge on any atom is -0.481 e. The number of fused-ring (bicyclic) bond motifs is 1. The van der Waals surface area contributed by atoms with Crippen molar-refractivity contribution in [2.75, 3.05) is 0 Å². The third kappa shape index (κ3) is 3.97. The summed E-state index contributed by atoms with van der Waals surface area (Å²) < 4.78 is 0. The van der Waals surface area contributed by atoms with Crippen molar-refractivity contribution >= 4 is 5.97 Å². The Morgan fingerprint density at radius 2 is 1.53 bits per heavy atom.